The molecule has 0 heterocycles. The molecular weight excluding hydrogens is 224 g/mol. The van der Waals surface area contributed by atoms with Crippen molar-refractivity contribution in [2.75, 3.05) is 5.73 Å². The summed E-state index contributed by atoms with van der Waals surface area (Å²) >= 11 is 0. The van der Waals surface area contributed by atoms with Crippen molar-refractivity contribution in [3.05, 3.63) is 29.8 Å². The Morgan fingerprint density at radius 2 is 2.17 bits per heavy atom. The van der Waals surface area contributed by atoms with Crippen LogP contribution in [0.5, 0.6) is 0 Å². The Kier molecular flexibility index (Phi) is 4.24. The van der Waals surface area contributed by atoms with Gasteiger partial charge in [-0.05, 0) is 30.4 Å². The third-order valence-corrected chi connectivity index (χ3v) is 3.58. The smallest absolute Gasteiger partial charge is 0.224 e. The molecule has 1 amide bonds. The van der Waals surface area contributed by atoms with E-state index in [1.54, 1.807) is 0 Å². The van der Waals surface area contributed by atoms with Crippen molar-refractivity contribution < 1.29 is 4.79 Å². The summed E-state index contributed by atoms with van der Waals surface area (Å²) in [5.41, 5.74) is 7.45. The van der Waals surface area contributed by atoms with Gasteiger partial charge < -0.3 is 11.1 Å². The summed E-state index contributed by atoms with van der Waals surface area (Å²) in [6, 6.07) is 7.88. The van der Waals surface area contributed by atoms with Gasteiger partial charge in [-0.25, -0.2) is 0 Å². The van der Waals surface area contributed by atoms with Crippen LogP contribution in [0, 0.1) is 5.92 Å². The summed E-state index contributed by atoms with van der Waals surface area (Å²) in [7, 11) is 0. The van der Waals surface area contributed by atoms with Gasteiger partial charge in [-0.15, -0.1) is 0 Å². The Bertz CT molecular complexity index is 413. The van der Waals surface area contributed by atoms with Crippen LogP contribution >= 0.6 is 0 Å². The maximum atomic E-state index is 12.0. The maximum Gasteiger partial charge on any atom is 0.224 e. The molecule has 0 bridgehead atoms. The maximum absolute atomic E-state index is 12.0. The molecule has 1 unspecified atom stereocenters. The van der Waals surface area contributed by atoms with Gasteiger partial charge in [0.15, 0.2) is 0 Å². The minimum atomic E-state index is 0.0837. The third kappa shape index (κ3) is 3.76. The highest BCUT2D eigenvalue weighted by Gasteiger charge is 2.25. The second-order valence-corrected chi connectivity index (χ2v) is 5.23. The first kappa shape index (κ1) is 12.9. The van der Waals surface area contributed by atoms with E-state index in [4.69, 9.17) is 5.73 Å². The van der Waals surface area contributed by atoms with Gasteiger partial charge in [0.1, 0.15) is 0 Å². The second-order valence-electron chi connectivity index (χ2n) is 5.23. The van der Waals surface area contributed by atoms with E-state index in [1.165, 1.54) is 12.8 Å². The monoisotopic (exact) mass is 246 g/mol. The van der Waals surface area contributed by atoms with E-state index in [-0.39, 0.29) is 5.91 Å². The quantitative estimate of drug-likeness (QED) is 0.758. The summed E-state index contributed by atoms with van der Waals surface area (Å²) in [5.74, 6) is 0.928. The summed E-state index contributed by atoms with van der Waals surface area (Å²) in [5, 5.41) is 3.12. The van der Waals surface area contributed by atoms with E-state index in [9.17, 15) is 4.79 Å². The van der Waals surface area contributed by atoms with Crippen LogP contribution in [0.25, 0.3) is 0 Å². The molecule has 3 heteroatoms. The number of nitrogen functional groups attached to an aromatic ring is 1. The fourth-order valence-electron chi connectivity index (χ4n) is 2.23. The molecule has 0 aromatic heterocycles. The topological polar surface area (TPSA) is 55.1 Å². The molecule has 3 N–H and O–H groups in total. The van der Waals surface area contributed by atoms with E-state index in [0.29, 0.717) is 18.2 Å². The summed E-state index contributed by atoms with van der Waals surface area (Å²) < 4.78 is 0. The molecule has 0 spiro atoms. The van der Waals surface area contributed by atoms with Crippen LogP contribution < -0.4 is 11.1 Å². The number of nitrogens with one attached hydrogen (secondary N) is 1. The number of rotatable bonds is 6. The summed E-state index contributed by atoms with van der Waals surface area (Å²) in [4.78, 5) is 12.0. The zero-order valence-corrected chi connectivity index (χ0v) is 11.0. The first-order valence-electron chi connectivity index (χ1n) is 6.81. The number of nitrogens with two attached hydrogens (primary N) is 1. The average molecular weight is 246 g/mol. The van der Waals surface area contributed by atoms with Gasteiger partial charge in [-0.1, -0.05) is 38.0 Å². The highest BCUT2D eigenvalue weighted by Crippen LogP contribution is 2.34. The Morgan fingerprint density at radius 3 is 2.78 bits per heavy atom. The average Bonchev–Trinajstić information content (AvgIpc) is 3.15. The van der Waals surface area contributed by atoms with E-state index in [0.717, 1.165) is 24.3 Å². The fraction of sp³-hybridized carbons (Fsp3) is 0.533. The summed E-state index contributed by atoms with van der Waals surface area (Å²) in [6.07, 6.45) is 5.18. The molecule has 1 aromatic carbocycles. The van der Waals surface area contributed by atoms with Crippen molar-refractivity contribution in [1.82, 2.24) is 5.32 Å². The van der Waals surface area contributed by atoms with Crippen LogP contribution in [0.4, 0.5) is 5.69 Å². The first-order chi connectivity index (χ1) is 8.69. The lowest BCUT2D eigenvalue weighted by atomic mass is 10.1. The zero-order valence-electron chi connectivity index (χ0n) is 11.0. The SMILES string of the molecule is CCC(CC1CC1)NC(=O)Cc1ccccc1N. The Balaban J connectivity index is 1.85. The Labute approximate surface area is 109 Å². The third-order valence-electron chi connectivity index (χ3n) is 3.58. The molecule has 1 saturated carbocycles. The minimum Gasteiger partial charge on any atom is -0.398 e. The first-order valence-corrected chi connectivity index (χ1v) is 6.81. The normalized spacial score (nSPS) is 16.3. The molecule has 0 saturated heterocycles. The minimum absolute atomic E-state index is 0.0837. The highest BCUT2D eigenvalue weighted by atomic mass is 16.1. The van der Waals surface area contributed by atoms with Gasteiger partial charge in [0.2, 0.25) is 5.91 Å². The molecule has 0 aliphatic heterocycles. The van der Waals surface area contributed by atoms with Crippen LogP contribution in [-0.2, 0) is 11.2 Å². The molecule has 1 atom stereocenters. The number of carbonyl (C=O) groups excluding carboxylic acids is 1. The lowest BCUT2D eigenvalue weighted by Gasteiger charge is -2.17. The molecule has 1 fully saturated rings. The predicted octanol–water partition coefficient (Wildman–Crippen LogP) is 2.51. The van der Waals surface area contributed by atoms with Crippen LogP contribution in [0.2, 0.25) is 0 Å². The molecule has 0 radical (unpaired) electrons. The van der Waals surface area contributed by atoms with E-state index >= 15 is 0 Å². The second kappa shape index (κ2) is 5.89. The van der Waals surface area contributed by atoms with Gasteiger partial charge in [-0.2, -0.15) is 0 Å². The van der Waals surface area contributed by atoms with Crippen LogP contribution in [0.1, 0.15) is 38.2 Å². The lowest BCUT2D eigenvalue weighted by Crippen LogP contribution is -2.35. The molecule has 2 rings (SSSR count). The predicted molar refractivity (Wildman–Crippen MR) is 74.1 cm³/mol. The van der Waals surface area contributed by atoms with Crippen molar-refractivity contribution in [2.24, 2.45) is 5.92 Å². The highest BCUT2D eigenvalue weighted by molar-refractivity contribution is 5.80. The molecule has 3 nitrogen and oxygen atoms in total. The molecule has 1 aliphatic rings. The number of benzene rings is 1. The van der Waals surface area contributed by atoms with Gasteiger partial charge in [0, 0.05) is 11.7 Å². The van der Waals surface area contributed by atoms with Crippen molar-refractivity contribution in [1.29, 1.82) is 0 Å². The van der Waals surface area contributed by atoms with Crippen LogP contribution in [-0.4, -0.2) is 11.9 Å². The zero-order chi connectivity index (χ0) is 13.0. The van der Waals surface area contributed by atoms with Gasteiger partial charge in [0.25, 0.3) is 0 Å². The number of carbonyl (C=O) groups is 1. The number of anilines is 1. The molecular formula is C15H22N2O. The van der Waals surface area contributed by atoms with Crippen LogP contribution in [0.3, 0.4) is 0 Å². The van der Waals surface area contributed by atoms with Crippen molar-refractivity contribution in [2.45, 2.75) is 45.1 Å². The lowest BCUT2D eigenvalue weighted by molar-refractivity contribution is -0.121. The standard InChI is InChI=1S/C15H22N2O/c1-2-13(9-11-7-8-11)17-15(18)10-12-5-3-4-6-14(12)16/h3-6,11,13H,2,7-10,16H2,1H3,(H,17,18). The van der Waals surface area contributed by atoms with Gasteiger partial charge >= 0.3 is 0 Å². The van der Waals surface area contributed by atoms with E-state index in [1.807, 2.05) is 24.3 Å². The number of hydrogen-bond donors (Lipinski definition) is 2. The van der Waals surface area contributed by atoms with Gasteiger partial charge in [0.05, 0.1) is 6.42 Å². The molecule has 1 aliphatic carbocycles. The van der Waals surface area contributed by atoms with E-state index < -0.39 is 0 Å². The van der Waals surface area contributed by atoms with Crippen LogP contribution in [0.15, 0.2) is 24.3 Å². The van der Waals surface area contributed by atoms with E-state index in [2.05, 4.69) is 12.2 Å². The van der Waals surface area contributed by atoms with Gasteiger partial charge in [-0.3, -0.25) is 4.79 Å². The molecule has 18 heavy (non-hydrogen) atoms. The Hall–Kier alpha value is -1.51. The largest absolute Gasteiger partial charge is 0.398 e. The molecule has 1 aromatic rings. The fourth-order valence-corrected chi connectivity index (χ4v) is 2.23. The number of amides is 1. The number of hydrogen-bond acceptors (Lipinski definition) is 2. The Morgan fingerprint density at radius 1 is 1.44 bits per heavy atom. The van der Waals surface area contributed by atoms with Crippen molar-refractivity contribution in [3.8, 4) is 0 Å². The molecule has 98 valence electrons. The van der Waals surface area contributed by atoms with Crippen molar-refractivity contribution in [3.63, 3.8) is 0 Å². The van der Waals surface area contributed by atoms with Crippen molar-refractivity contribution >= 4 is 11.6 Å². The summed E-state index contributed by atoms with van der Waals surface area (Å²) in [6.45, 7) is 2.13. The number of para-hydroxylation sites is 1.